The van der Waals surface area contributed by atoms with Gasteiger partial charge in [-0.15, -0.1) is 0 Å². The van der Waals surface area contributed by atoms with E-state index in [1.165, 1.54) is 6.07 Å². The van der Waals surface area contributed by atoms with E-state index in [1.54, 1.807) is 24.3 Å². The van der Waals surface area contributed by atoms with E-state index >= 15 is 13.2 Å². The summed E-state index contributed by atoms with van der Waals surface area (Å²) in [6.45, 7) is 8.30. The zero-order valence-corrected chi connectivity index (χ0v) is 45.0. The minimum absolute atomic E-state index is 0.0101. The summed E-state index contributed by atoms with van der Waals surface area (Å²) in [5, 5.41) is 15.1. The van der Waals surface area contributed by atoms with E-state index < -0.39 is 29.0 Å². The third-order valence-electron chi connectivity index (χ3n) is 16.2. The van der Waals surface area contributed by atoms with Crippen LogP contribution in [0.3, 0.4) is 0 Å². The number of halogens is 6. The Hall–Kier alpha value is -9.91. The minimum atomic E-state index is -5.17. The molecule has 0 unspecified atom stereocenters. The number of hydrogen-bond donors (Lipinski definition) is 0. The van der Waals surface area contributed by atoms with E-state index in [4.69, 9.17) is 0 Å². The number of aromatic nitrogens is 2. The second-order valence-electron chi connectivity index (χ2n) is 21.2. The monoisotopic (exact) mass is 1080 g/mol. The van der Waals surface area contributed by atoms with Crippen LogP contribution in [0.5, 0.6) is 0 Å². The first-order valence-corrected chi connectivity index (χ1v) is 26.9. The number of hydrogen-bond acceptors (Lipinski definition) is 1. The van der Waals surface area contributed by atoms with Gasteiger partial charge in [0.15, 0.2) is 0 Å². The fourth-order valence-corrected chi connectivity index (χ4v) is 12.2. The first-order valence-electron chi connectivity index (χ1n) is 26.9. The number of benzene rings is 11. The van der Waals surface area contributed by atoms with Crippen molar-refractivity contribution in [1.82, 2.24) is 9.13 Å². The van der Waals surface area contributed by atoms with Gasteiger partial charge in [-0.3, -0.25) is 0 Å². The smallest absolute Gasteiger partial charge is 0.309 e. The van der Waals surface area contributed by atoms with Crippen LogP contribution < -0.4 is 0 Å². The quantitative estimate of drug-likeness (QED) is 0.140. The molecule has 0 saturated heterocycles. The topological polar surface area (TPSA) is 33.6 Å². The van der Waals surface area contributed by atoms with Gasteiger partial charge in [-0.2, -0.15) is 31.6 Å². The van der Waals surface area contributed by atoms with E-state index in [9.17, 15) is 18.4 Å². The Balaban J connectivity index is 1.15. The van der Waals surface area contributed by atoms with E-state index in [2.05, 4.69) is 164 Å². The molecule has 82 heavy (non-hydrogen) atoms. The van der Waals surface area contributed by atoms with Crippen molar-refractivity contribution in [3.05, 3.63) is 263 Å². The van der Waals surface area contributed by atoms with Crippen LogP contribution in [-0.4, -0.2) is 9.13 Å². The third-order valence-corrected chi connectivity index (χ3v) is 16.2. The second-order valence-corrected chi connectivity index (χ2v) is 21.2. The van der Waals surface area contributed by atoms with Crippen molar-refractivity contribution in [2.75, 3.05) is 0 Å². The molecule has 2 heterocycles. The molecule has 0 fully saturated rings. The Morgan fingerprint density at radius 3 is 1.09 bits per heavy atom. The molecular weight excluding hydrogens is 1030 g/mol. The number of nitrogens with zero attached hydrogens (tertiary/aromatic N) is 3. The Bertz CT molecular complexity index is 4590. The van der Waals surface area contributed by atoms with Crippen LogP contribution in [0.15, 0.2) is 224 Å². The van der Waals surface area contributed by atoms with Gasteiger partial charge in [-0.05, 0) is 191 Å². The van der Waals surface area contributed by atoms with Gasteiger partial charge < -0.3 is 9.13 Å². The molecule has 0 radical (unpaired) electrons. The normalized spacial score (nSPS) is 12.0. The molecule has 0 N–H and O–H groups in total. The van der Waals surface area contributed by atoms with Crippen LogP contribution >= 0.6 is 0 Å². The van der Waals surface area contributed by atoms with Crippen molar-refractivity contribution in [3.63, 3.8) is 0 Å². The molecule has 0 amide bonds. The summed E-state index contributed by atoms with van der Waals surface area (Å²) < 4.78 is 92.9. The van der Waals surface area contributed by atoms with Crippen LogP contribution in [0.4, 0.5) is 26.3 Å². The summed E-state index contributed by atoms with van der Waals surface area (Å²) in [7, 11) is 0. The van der Waals surface area contributed by atoms with Crippen molar-refractivity contribution in [3.8, 4) is 84.2 Å². The number of fused-ring (bicyclic) bond motifs is 6. The molecule has 0 bridgehead atoms. The van der Waals surface area contributed by atoms with Gasteiger partial charge in [-0.25, -0.2) is 0 Å². The predicted octanol–water partition coefficient (Wildman–Crippen LogP) is 21.0. The number of aryl methyl sites for hydroxylation is 4. The molecule has 0 aliphatic rings. The second kappa shape index (κ2) is 19.7. The highest BCUT2D eigenvalue weighted by atomic mass is 19.4. The lowest BCUT2D eigenvalue weighted by molar-refractivity contribution is -0.142. The average Bonchev–Trinajstić information content (AvgIpc) is 2.54. The van der Waals surface area contributed by atoms with Gasteiger partial charge >= 0.3 is 12.4 Å². The minimum Gasteiger partial charge on any atom is -0.309 e. The van der Waals surface area contributed by atoms with E-state index in [0.717, 1.165) is 116 Å². The van der Waals surface area contributed by atoms with Crippen LogP contribution in [-0.2, 0) is 12.4 Å². The van der Waals surface area contributed by atoms with Crippen LogP contribution in [0.2, 0.25) is 0 Å². The van der Waals surface area contributed by atoms with E-state index in [-0.39, 0.29) is 17.2 Å². The molecule has 13 aromatic rings. The standard InChI is InChI=1S/C73H49F6N3/c1-43-14-5-9-19-54(43)47-24-31-65-59(36-47)60-37-48(55-20-10-6-15-44(55)2)25-32-66(60)81(65)69-35-28-51(58-30-29-53(72(74,75)76)41-64(58)73(77,78)79)40-63(69)71-52(42-80)18-13-23-70(71)82-67-33-26-49(56-21-11-7-16-45(56)3)38-61(67)62-39-50(27-34-68(62)82)57-22-12-8-17-46(57)4/h5-41H,1-4H3. The maximum atomic E-state index is 15.3. The van der Waals surface area contributed by atoms with E-state index in [0.29, 0.717) is 28.6 Å². The SMILES string of the molecule is Cc1ccccc1-c1ccc2c(c1)c1cc(-c3ccccc3C)ccc1n2-c1ccc(-c2ccc(C(F)(F)F)cc2C(F)(F)F)cc1-c1c(C#N)cccc1-n1c2ccc(-c3ccccc3C)cc2c2cc(-c3ccccc3C)ccc21. The van der Waals surface area contributed by atoms with Crippen molar-refractivity contribution >= 4 is 43.6 Å². The number of rotatable bonds is 8. The first kappa shape index (κ1) is 51.5. The van der Waals surface area contributed by atoms with Crippen molar-refractivity contribution in [2.45, 2.75) is 40.0 Å². The number of nitriles is 1. The highest BCUT2D eigenvalue weighted by Gasteiger charge is 2.39. The van der Waals surface area contributed by atoms with E-state index in [1.807, 2.05) is 54.6 Å². The summed E-state index contributed by atoms with van der Waals surface area (Å²) in [5.74, 6) is 0. The lowest BCUT2D eigenvalue weighted by Gasteiger charge is -2.22. The fraction of sp³-hybridized carbons (Fsp3) is 0.0822. The molecule has 0 spiro atoms. The first-order chi connectivity index (χ1) is 39.5. The summed E-state index contributed by atoms with van der Waals surface area (Å²) in [4.78, 5) is 0. The zero-order chi connectivity index (χ0) is 56.8. The Morgan fingerprint density at radius 1 is 0.329 bits per heavy atom. The molecule has 0 atom stereocenters. The van der Waals surface area contributed by atoms with Crippen LogP contribution in [0.25, 0.3) is 122 Å². The Morgan fingerprint density at radius 2 is 0.707 bits per heavy atom. The number of alkyl halides is 6. The zero-order valence-electron chi connectivity index (χ0n) is 45.0. The molecule has 11 aromatic carbocycles. The highest BCUT2D eigenvalue weighted by molar-refractivity contribution is 6.14. The molecule has 3 nitrogen and oxygen atoms in total. The largest absolute Gasteiger partial charge is 0.417 e. The van der Waals surface area contributed by atoms with Crippen molar-refractivity contribution in [2.24, 2.45) is 0 Å². The summed E-state index contributed by atoms with van der Waals surface area (Å²) in [6.07, 6.45) is -10.2. The molecule has 13 rings (SSSR count). The van der Waals surface area contributed by atoms with Gasteiger partial charge in [0.05, 0.1) is 56.2 Å². The van der Waals surface area contributed by atoms with Gasteiger partial charge in [0.2, 0.25) is 0 Å². The third kappa shape index (κ3) is 8.70. The Kier molecular flexibility index (Phi) is 12.4. The predicted molar refractivity (Wildman–Crippen MR) is 321 cm³/mol. The summed E-state index contributed by atoms with van der Waals surface area (Å²) >= 11 is 0. The molecule has 0 saturated carbocycles. The maximum Gasteiger partial charge on any atom is 0.417 e. The van der Waals surface area contributed by atoms with Crippen molar-refractivity contribution < 1.29 is 26.3 Å². The fourth-order valence-electron chi connectivity index (χ4n) is 12.2. The van der Waals surface area contributed by atoms with Crippen molar-refractivity contribution in [1.29, 1.82) is 5.26 Å². The lowest BCUT2D eigenvalue weighted by atomic mass is 9.90. The van der Waals surface area contributed by atoms with Gasteiger partial charge in [0.1, 0.15) is 0 Å². The van der Waals surface area contributed by atoms with Crippen LogP contribution in [0.1, 0.15) is 38.9 Å². The highest BCUT2D eigenvalue weighted by Crippen LogP contribution is 2.48. The molecule has 0 aliphatic heterocycles. The lowest BCUT2D eigenvalue weighted by Crippen LogP contribution is -2.12. The van der Waals surface area contributed by atoms with Crippen LogP contribution in [0, 0.1) is 39.0 Å². The molecule has 398 valence electrons. The molecule has 2 aromatic heterocycles. The molecule has 9 heteroatoms. The van der Waals surface area contributed by atoms with Gasteiger partial charge in [0.25, 0.3) is 0 Å². The van der Waals surface area contributed by atoms with Gasteiger partial charge in [0, 0.05) is 32.7 Å². The summed E-state index contributed by atoms with van der Waals surface area (Å²) in [5.41, 5.74) is 14.7. The molecule has 0 aliphatic carbocycles. The maximum absolute atomic E-state index is 15.3. The van der Waals surface area contributed by atoms with Gasteiger partial charge in [-0.1, -0.05) is 140 Å². The Labute approximate surface area is 469 Å². The molecular formula is C73H49F6N3. The average molecular weight is 1080 g/mol. The summed E-state index contributed by atoms with van der Waals surface area (Å²) in [6, 6.07) is 72.6.